The highest BCUT2D eigenvalue weighted by molar-refractivity contribution is 5.77. The van der Waals surface area contributed by atoms with E-state index in [2.05, 4.69) is 46.2 Å². The van der Waals surface area contributed by atoms with Crippen LogP contribution in [0.1, 0.15) is 36.4 Å². The zero-order valence-corrected chi connectivity index (χ0v) is 14.7. The summed E-state index contributed by atoms with van der Waals surface area (Å²) in [7, 11) is 0. The van der Waals surface area contributed by atoms with Crippen molar-refractivity contribution >= 4 is 5.91 Å². The second-order valence-corrected chi connectivity index (χ2v) is 7.23. The molecule has 2 fully saturated rings. The molecule has 0 bridgehead atoms. The van der Waals surface area contributed by atoms with Crippen LogP contribution in [0.2, 0.25) is 0 Å². The van der Waals surface area contributed by atoms with Gasteiger partial charge in [0.15, 0.2) is 0 Å². The molecule has 2 aromatic rings. The van der Waals surface area contributed by atoms with Gasteiger partial charge in [0.1, 0.15) is 0 Å². The monoisotopic (exact) mass is 334 g/mol. The first kappa shape index (κ1) is 16.3. The molecule has 1 aliphatic carbocycles. The Hall–Kier alpha value is -2.13. The third-order valence-electron chi connectivity index (χ3n) is 5.45. The maximum atomic E-state index is 13.0. The van der Waals surface area contributed by atoms with Crippen LogP contribution in [0.5, 0.6) is 0 Å². The maximum absolute atomic E-state index is 13.0. The number of aryl methyl sites for hydroxylation is 1. The highest BCUT2D eigenvalue weighted by Gasteiger charge is 2.37. The normalized spacial score (nSPS) is 21.3. The minimum absolute atomic E-state index is 0.193. The van der Waals surface area contributed by atoms with Gasteiger partial charge in [-0.2, -0.15) is 0 Å². The lowest BCUT2D eigenvalue weighted by Crippen LogP contribution is -2.51. The number of carbonyl (C=O) groups is 1. The fourth-order valence-electron chi connectivity index (χ4n) is 3.87. The quantitative estimate of drug-likeness (QED) is 0.833. The summed E-state index contributed by atoms with van der Waals surface area (Å²) in [6, 6.07) is 21.8. The Bertz CT molecular complexity index is 696. The van der Waals surface area contributed by atoms with Gasteiger partial charge in [0.25, 0.3) is 0 Å². The molecule has 1 atom stereocenters. The van der Waals surface area contributed by atoms with E-state index in [0.29, 0.717) is 6.42 Å². The van der Waals surface area contributed by atoms with Gasteiger partial charge in [0.05, 0.1) is 6.04 Å². The van der Waals surface area contributed by atoms with Crippen molar-refractivity contribution in [2.45, 2.75) is 37.8 Å². The average Bonchev–Trinajstić information content (AvgIpc) is 3.52. The molecule has 130 valence electrons. The number of hydrogen-bond acceptors (Lipinski definition) is 2. The molecule has 3 nitrogen and oxygen atoms in total. The van der Waals surface area contributed by atoms with Crippen LogP contribution in [0.3, 0.4) is 0 Å². The molecule has 25 heavy (non-hydrogen) atoms. The lowest BCUT2D eigenvalue weighted by Gasteiger charge is -2.42. The molecule has 1 saturated carbocycles. The molecule has 1 saturated heterocycles. The molecule has 2 aromatic carbocycles. The molecule has 4 rings (SSSR count). The number of hydrogen-bond donors (Lipinski definition) is 0. The standard InChI is InChI=1S/C22H26N2O/c25-22(14-11-18-7-3-1-4-8-18)24-16-15-23(20-12-13-20)17-21(24)19-9-5-2-6-10-19/h1-10,20-21H,11-17H2. The third kappa shape index (κ3) is 3.93. The Morgan fingerprint density at radius 3 is 2.28 bits per heavy atom. The predicted molar refractivity (Wildman–Crippen MR) is 100 cm³/mol. The summed E-state index contributed by atoms with van der Waals surface area (Å²) in [5.74, 6) is 0.285. The van der Waals surface area contributed by atoms with Crippen LogP contribution in [0.25, 0.3) is 0 Å². The summed E-state index contributed by atoms with van der Waals surface area (Å²) in [6.45, 7) is 2.85. The van der Waals surface area contributed by atoms with Gasteiger partial charge in [0.2, 0.25) is 5.91 Å². The molecule has 3 heteroatoms. The van der Waals surface area contributed by atoms with Crippen LogP contribution in [-0.4, -0.2) is 41.4 Å². The third-order valence-corrected chi connectivity index (χ3v) is 5.45. The van der Waals surface area contributed by atoms with E-state index in [9.17, 15) is 4.79 Å². The van der Waals surface area contributed by atoms with Crippen molar-refractivity contribution in [1.29, 1.82) is 0 Å². The highest BCUT2D eigenvalue weighted by Crippen LogP contribution is 2.33. The molecular weight excluding hydrogens is 308 g/mol. The second kappa shape index (κ2) is 7.40. The summed E-state index contributed by atoms with van der Waals surface area (Å²) in [5, 5.41) is 0. The molecule has 1 unspecified atom stereocenters. The van der Waals surface area contributed by atoms with E-state index in [1.54, 1.807) is 0 Å². The van der Waals surface area contributed by atoms with Crippen molar-refractivity contribution in [3.05, 3.63) is 71.8 Å². The Labute approximate surface area is 150 Å². The van der Waals surface area contributed by atoms with E-state index in [4.69, 9.17) is 0 Å². The predicted octanol–water partition coefficient (Wildman–Crippen LogP) is 3.67. The lowest BCUT2D eigenvalue weighted by molar-refractivity contribution is -0.136. The zero-order chi connectivity index (χ0) is 17.1. The van der Waals surface area contributed by atoms with Crippen molar-refractivity contribution in [2.24, 2.45) is 0 Å². The number of carbonyl (C=O) groups excluding carboxylic acids is 1. The summed E-state index contributed by atoms with van der Waals surface area (Å²) in [6.07, 6.45) is 4.06. The van der Waals surface area contributed by atoms with E-state index >= 15 is 0 Å². The van der Waals surface area contributed by atoms with Crippen molar-refractivity contribution in [3.63, 3.8) is 0 Å². The lowest BCUT2D eigenvalue weighted by atomic mass is 10.0. The van der Waals surface area contributed by atoms with Gasteiger partial charge in [-0.25, -0.2) is 0 Å². The van der Waals surface area contributed by atoms with Crippen molar-refractivity contribution in [2.75, 3.05) is 19.6 Å². The topological polar surface area (TPSA) is 23.6 Å². The molecule has 0 spiro atoms. The summed E-state index contributed by atoms with van der Waals surface area (Å²) < 4.78 is 0. The van der Waals surface area contributed by atoms with Gasteiger partial charge in [0, 0.05) is 32.1 Å². The first-order chi connectivity index (χ1) is 12.3. The number of amides is 1. The number of piperazine rings is 1. The van der Waals surface area contributed by atoms with E-state index in [1.165, 1.54) is 24.0 Å². The van der Waals surface area contributed by atoms with Gasteiger partial charge >= 0.3 is 0 Å². The molecule has 0 aromatic heterocycles. The van der Waals surface area contributed by atoms with Gasteiger partial charge < -0.3 is 4.90 Å². The maximum Gasteiger partial charge on any atom is 0.223 e. The molecule has 1 heterocycles. The number of nitrogens with zero attached hydrogens (tertiary/aromatic N) is 2. The Kier molecular flexibility index (Phi) is 4.84. The largest absolute Gasteiger partial charge is 0.333 e. The second-order valence-electron chi connectivity index (χ2n) is 7.23. The Balaban J connectivity index is 1.46. The van der Waals surface area contributed by atoms with Gasteiger partial charge in [-0.15, -0.1) is 0 Å². The smallest absolute Gasteiger partial charge is 0.223 e. The summed E-state index contributed by atoms with van der Waals surface area (Å²) in [5.41, 5.74) is 2.50. The number of benzene rings is 2. The van der Waals surface area contributed by atoms with Crippen molar-refractivity contribution < 1.29 is 4.79 Å². The molecule has 0 N–H and O–H groups in total. The first-order valence-electron chi connectivity index (χ1n) is 9.43. The fraction of sp³-hybridized carbons (Fsp3) is 0.409. The van der Waals surface area contributed by atoms with Crippen molar-refractivity contribution in [1.82, 2.24) is 9.80 Å². The Morgan fingerprint density at radius 1 is 0.920 bits per heavy atom. The van der Waals surface area contributed by atoms with Gasteiger partial charge in [-0.05, 0) is 30.4 Å². The van der Waals surface area contributed by atoms with E-state index < -0.39 is 0 Å². The average molecular weight is 334 g/mol. The zero-order valence-electron chi connectivity index (χ0n) is 14.7. The summed E-state index contributed by atoms with van der Waals surface area (Å²) >= 11 is 0. The van der Waals surface area contributed by atoms with Crippen LogP contribution in [0.15, 0.2) is 60.7 Å². The van der Waals surface area contributed by atoms with Crippen LogP contribution in [0.4, 0.5) is 0 Å². The van der Waals surface area contributed by atoms with Crippen LogP contribution >= 0.6 is 0 Å². The molecule has 1 aliphatic heterocycles. The molecule has 2 aliphatic rings. The van der Waals surface area contributed by atoms with Gasteiger partial charge in [-0.1, -0.05) is 60.7 Å². The van der Waals surface area contributed by atoms with E-state index in [-0.39, 0.29) is 11.9 Å². The number of rotatable bonds is 5. The first-order valence-corrected chi connectivity index (χ1v) is 9.43. The minimum atomic E-state index is 0.193. The van der Waals surface area contributed by atoms with Crippen LogP contribution in [-0.2, 0) is 11.2 Å². The van der Waals surface area contributed by atoms with Crippen LogP contribution < -0.4 is 0 Å². The highest BCUT2D eigenvalue weighted by atomic mass is 16.2. The van der Waals surface area contributed by atoms with E-state index in [1.807, 2.05) is 24.3 Å². The molecular formula is C22H26N2O. The van der Waals surface area contributed by atoms with Crippen molar-refractivity contribution in [3.8, 4) is 0 Å². The minimum Gasteiger partial charge on any atom is -0.333 e. The summed E-state index contributed by atoms with van der Waals surface area (Å²) in [4.78, 5) is 17.7. The molecule has 0 radical (unpaired) electrons. The fourth-order valence-corrected chi connectivity index (χ4v) is 3.87. The van der Waals surface area contributed by atoms with Gasteiger partial charge in [-0.3, -0.25) is 9.69 Å². The Morgan fingerprint density at radius 2 is 1.60 bits per heavy atom. The van der Waals surface area contributed by atoms with Crippen LogP contribution in [0, 0.1) is 0 Å². The van der Waals surface area contributed by atoms with E-state index in [0.717, 1.165) is 32.1 Å². The molecule has 1 amide bonds. The SMILES string of the molecule is O=C(CCc1ccccc1)N1CCN(C2CC2)CC1c1ccccc1.